The van der Waals surface area contributed by atoms with Gasteiger partial charge in [-0.05, 0) is 0 Å². The van der Waals surface area contributed by atoms with E-state index in [2.05, 4.69) is 10.1 Å². The molecule has 1 fully saturated rings. The molecule has 0 aromatic rings. The van der Waals surface area contributed by atoms with E-state index in [1.54, 1.807) is 0 Å². The van der Waals surface area contributed by atoms with E-state index < -0.39 is 22.3 Å². The van der Waals surface area contributed by atoms with Gasteiger partial charge in [0.1, 0.15) is 6.04 Å². The molecule has 1 N–H and O–H groups in total. The molecule has 1 heterocycles. The van der Waals surface area contributed by atoms with E-state index in [4.69, 9.17) is 23.2 Å². The number of halogens is 2. The summed E-state index contributed by atoms with van der Waals surface area (Å²) in [6, 6.07) is -0.725. The summed E-state index contributed by atoms with van der Waals surface area (Å²) in [5.41, 5.74) is 0. The SMILES string of the molecule is COC(=O)[C@@H]1CC(Cl)(Cl)C(=O)N1. The fraction of sp³-hybridized carbons (Fsp3) is 0.667. The highest BCUT2D eigenvalue weighted by molar-refractivity contribution is 6.58. The van der Waals surface area contributed by atoms with E-state index in [1.165, 1.54) is 7.11 Å². The van der Waals surface area contributed by atoms with Crippen LogP contribution in [0.2, 0.25) is 0 Å². The van der Waals surface area contributed by atoms with Crippen molar-refractivity contribution in [1.29, 1.82) is 0 Å². The number of hydrogen-bond donors (Lipinski definition) is 1. The molecule has 0 radical (unpaired) electrons. The maximum absolute atomic E-state index is 10.9. The number of esters is 1. The first-order chi connectivity index (χ1) is 5.47. The summed E-state index contributed by atoms with van der Waals surface area (Å²) in [4.78, 5) is 21.8. The van der Waals surface area contributed by atoms with E-state index in [9.17, 15) is 9.59 Å². The van der Waals surface area contributed by atoms with Crippen molar-refractivity contribution in [3.8, 4) is 0 Å². The van der Waals surface area contributed by atoms with Crippen molar-refractivity contribution in [3.63, 3.8) is 0 Å². The lowest BCUT2D eigenvalue weighted by Crippen LogP contribution is -2.34. The van der Waals surface area contributed by atoms with Crippen LogP contribution in [0.3, 0.4) is 0 Å². The molecule has 0 bridgehead atoms. The molecule has 12 heavy (non-hydrogen) atoms. The monoisotopic (exact) mass is 211 g/mol. The Balaban J connectivity index is 2.67. The Morgan fingerprint density at radius 3 is 2.67 bits per heavy atom. The second kappa shape index (κ2) is 3.11. The second-order valence-corrected chi connectivity index (χ2v) is 3.94. The van der Waals surface area contributed by atoms with Gasteiger partial charge in [0.15, 0.2) is 4.33 Å². The van der Waals surface area contributed by atoms with Gasteiger partial charge in [0, 0.05) is 6.42 Å². The lowest BCUT2D eigenvalue weighted by molar-refractivity contribution is -0.143. The molecule has 0 spiro atoms. The third kappa shape index (κ3) is 1.64. The normalized spacial score (nSPS) is 26.6. The van der Waals surface area contributed by atoms with Crippen LogP contribution in [0.4, 0.5) is 0 Å². The van der Waals surface area contributed by atoms with Crippen LogP contribution in [0.25, 0.3) is 0 Å². The summed E-state index contributed by atoms with van der Waals surface area (Å²) >= 11 is 11.1. The van der Waals surface area contributed by atoms with E-state index in [-0.39, 0.29) is 6.42 Å². The Hall–Kier alpha value is -0.480. The Bertz CT molecular complexity index is 229. The van der Waals surface area contributed by atoms with Gasteiger partial charge in [-0.1, -0.05) is 23.2 Å². The molecule has 4 nitrogen and oxygen atoms in total. The van der Waals surface area contributed by atoms with Crippen molar-refractivity contribution >= 4 is 35.1 Å². The average molecular weight is 212 g/mol. The molecule has 0 aromatic carbocycles. The molecular formula is C6H7Cl2NO3. The number of amides is 1. The highest BCUT2D eigenvalue weighted by Gasteiger charge is 2.46. The predicted octanol–water partition coefficient (Wildman–Crippen LogP) is 0.222. The van der Waals surface area contributed by atoms with Gasteiger partial charge in [0.05, 0.1) is 7.11 Å². The van der Waals surface area contributed by atoms with E-state index in [0.717, 1.165) is 0 Å². The zero-order chi connectivity index (χ0) is 9.35. The topological polar surface area (TPSA) is 55.4 Å². The number of rotatable bonds is 1. The highest BCUT2D eigenvalue weighted by atomic mass is 35.5. The minimum Gasteiger partial charge on any atom is -0.467 e. The number of methoxy groups -OCH3 is 1. The highest BCUT2D eigenvalue weighted by Crippen LogP contribution is 2.32. The summed E-state index contributed by atoms with van der Waals surface area (Å²) in [6.07, 6.45) is 0.0433. The molecule has 0 unspecified atom stereocenters. The number of ether oxygens (including phenoxy) is 1. The van der Waals surface area contributed by atoms with Gasteiger partial charge in [-0.3, -0.25) is 4.79 Å². The van der Waals surface area contributed by atoms with Crippen LogP contribution in [0.15, 0.2) is 0 Å². The number of nitrogens with one attached hydrogen (secondary N) is 1. The molecule has 68 valence electrons. The summed E-state index contributed by atoms with van der Waals surface area (Å²) in [5.74, 6) is -1.09. The van der Waals surface area contributed by atoms with Crippen molar-refractivity contribution < 1.29 is 14.3 Å². The van der Waals surface area contributed by atoms with Crippen LogP contribution in [0.1, 0.15) is 6.42 Å². The molecule has 1 saturated heterocycles. The minimum atomic E-state index is -1.50. The van der Waals surface area contributed by atoms with E-state index in [1.807, 2.05) is 0 Å². The molecule has 0 saturated carbocycles. The summed E-state index contributed by atoms with van der Waals surface area (Å²) in [6.45, 7) is 0. The standard InChI is InChI=1S/C6H7Cl2NO3/c1-12-4(10)3-2-6(7,8)5(11)9-3/h3H,2H2,1H3,(H,9,11)/t3-/m0/s1. The van der Waals surface area contributed by atoms with Crippen LogP contribution in [-0.4, -0.2) is 29.4 Å². The van der Waals surface area contributed by atoms with Gasteiger partial charge in [-0.2, -0.15) is 0 Å². The minimum absolute atomic E-state index is 0.0433. The van der Waals surface area contributed by atoms with Gasteiger partial charge < -0.3 is 10.1 Å². The zero-order valence-corrected chi connectivity index (χ0v) is 7.78. The smallest absolute Gasteiger partial charge is 0.328 e. The maximum Gasteiger partial charge on any atom is 0.328 e. The lowest BCUT2D eigenvalue weighted by Gasteiger charge is -2.06. The Morgan fingerprint density at radius 2 is 2.33 bits per heavy atom. The van der Waals surface area contributed by atoms with E-state index >= 15 is 0 Å². The number of hydrogen-bond acceptors (Lipinski definition) is 3. The first kappa shape index (κ1) is 9.61. The van der Waals surface area contributed by atoms with Crippen LogP contribution in [0.5, 0.6) is 0 Å². The van der Waals surface area contributed by atoms with Gasteiger partial charge in [-0.15, -0.1) is 0 Å². The maximum atomic E-state index is 10.9. The van der Waals surface area contributed by atoms with Crippen molar-refractivity contribution in [2.24, 2.45) is 0 Å². The average Bonchev–Trinajstić information content (AvgIpc) is 2.25. The molecule has 1 atom stereocenters. The predicted molar refractivity (Wildman–Crippen MR) is 43.0 cm³/mol. The molecular weight excluding hydrogens is 205 g/mol. The Morgan fingerprint density at radius 1 is 1.75 bits per heavy atom. The largest absolute Gasteiger partial charge is 0.467 e. The first-order valence-corrected chi connectivity index (χ1v) is 3.99. The molecule has 0 aliphatic carbocycles. The summed E-state index contributed by atoms with van der Waals surface area (Å²) in [5, 5.41) is 2.32. The molecule has 1 aliphatic heterocycles. The third-order valence-corrected chi connectivity index (χ3v) is 2.24. The third-order valence-electron chi connectivity index (χ3n) is 1.58. The fourth-order valence-electron chi connectivity index (χ4n) is 0.948. The lowest BCUT2D eigenvalue weighted by atomic mass is 10.2. The molecule has 1 amide bonds. The number of alkyl halides is 2. The Labute approximate surface area is 79.2 Å². The van der Waals surface area contributed by atoms with Crippen molar-refractivity contribution in [3.05, 3.63) is 0 Å². The Kier molecular flexibility index (Phi) is 2.49. The van der Waals surface area contributed by atoms with Gasteiger partial charge in [0.2, 0.25) is 0 Å². The number of carbonyl (C=O) groups excluding carboxylic acids is 2. The molecule has 0 aromatic heterocycles. The number of carbonyl (C=O) groups is 2. The zero-order valence-electron chi connectivity index (χ0n) is 6.27. The first-order valence-electron chi connectivity index (χ1n) is 3.24. The van der Waals surface area contributed by atoms with Crippen LogP contribution in [-0.2, 0) is 14.3 Å². The summed E-state index contributed by atoms with van der Waals surface area (Å²) < 4.78 is 2.90. The van der Waals surface area contributed by atoms with Gasteiger partial charge in [-0.25, -0.2) is 4.79 Å². The summed E-state index contributed by atoms with van der Waals surface area (Å²) in [7, 11) is 1.23. The quantitative estimate of drug-likeness (QED) is 0.499. The van der Waals surface area contributed by atoms with Crippen LogP contribution < -0.4 is 5.32 Å². The molecule has 6 heteroatoms. The van der Waals surface area contributed by atoms with E-state index in [0.29, 0.717) is 0 Å². The van der Waals surface area contributed by atoms with Crippen molar-refractivity contribution in [1.82, 2.24) is 5.32 Å². The van der Waals surface area contributed by atoms with Crippen LogP contribution >= 0.6 is 23.2 Å². The second-order valence-electron chi connectivity index (χ2n) is 2.46. The van der Waals surface area contributed by atoms with Crippen molar-refractivity contribution in [2.45, 2.75) is 16.8 Å². The van der Waals surface area contributed by atoms with Crippen LogP contribution in [0, 0.1) is 0 Å². The fourth-order valence-corrected chi connectivity index (χ4v) is 1.37. The molecule has 1 aliphatic rings. The van der Waals surface area contributed by atoms with Gasteiger partial charge in [0.25, 0.3) is 5.91 Å². The van der Waals surface area contributed by atoms with Gasteiger partial charge >= 0.3 is 5.97 Å². The molecule has 1 rings (SSSR count). The van der Waals surface area contributed by atoms with Crippen molar-refractivity contribution in [2.75, 3.05) is 7.11 Å².